The molecule has 0 aliphatic carbocycles. The summed E-state index contributed by atoms with van der Waals surface area (Å²) in [7, 11) is 0. The smallest absolute Gasteiger partial charge is 0.0708 e. The number of hydrogen-bond donors (Lipinski definition) is 0. The second-order valence-corrected chi connectivity index (χ2v) is 6.14. The molecular formula is C23H19N. The van der Waals surface area contributed by atoms with Crippen molar-refractivity contribution < 1.29 is 0 Å². The summed E-state index contributed by atoms with van der Waals surface area (Å²) in [5.74, 6) is 0.347. The van der Waals surface area contributed by atoms with E-state index in [1.54, 1.807) is 0 Å². The second kappa shape index (κ2) is 6.29. The Balaban J connectivity index is 1.71. The predicted octanol–water partition coefficient (Wildman–Crippen LogP) is 6.05. The minimum absolute atomic E-state index is 0.347. The summed E-state index contributed by atoms with van der Waals surface area (Å²) >= 11 is 0. The molecule has 3 aromatic carbocycles. The van der Waals surface area contributed by atoms with Crippen LogP contribution >= 0.6 is 0 Å². The van der Waals surface area contributed by atoms with Gasteiger partial charge in [-0.3, -0.25) is 4.98 Å². The minimum Gasteiger partial charge on any atom is -0.256 e. The first-order chi connectivity index (χ1) is 11.8. The van der Waals surface area contributed by atoms with Crippen molar-refractivity contribution in [2.75, 3.05) is 0 Å². The lowest BCUT2D eigenvalue weighted by Crippen LogP contribution is -1.97. The van der Waals surface area contributed by atoms with Gasteiger partial charge in [0.15, 0.2) is 0 Å². The molecule has 24 heavy (non-hydrogen) atoms. The van der Waals surface area contributed by atoms with E-state index in [2.05, 4.69) is 91.9 Å². The largest absolute Gasteiger partial charge is 0.256 e. The van der Waals surface area contributed by atoms with Crippen LogP contribution in [0.25, 0.3) is 22.0 Å². The van der Waals surface area contributed by atoms with Gasteiger partial charge >= 0.3 is 0 Å². The molecule has 116 valence electrons. The van der Waals surface area contributed by atoms with E-state index in [1.165, 1.54) is 27.5 Å². The van der Waals surface area contributed by atoms with Gasteiger partial charge in [0.1, 0.15) is 0 Å². The molecule has 0 spiro atoms. The van der Waals surface area contributed by atoms with E-state index >= 15 is 0 Å². The van der Waals surface area contributed by atoms with Gasteiger partial charge in [0, 0.05) is 17.7 Å². The van der Waals surface area contributed by atoms with Gasteiger partial charge in [-0.15, -0.1) is 0 Å². The molecule has 1 atom stereocenters. The van der Waals surface area contributed by atoms with Gasteiger partial charge in [0.05, 0.1) is 5.69 Å². The summed E-state index contributed by atoms with van der Waals surface area (Å²) < 4.78 is 0. The summed E-state index contributed by atoms with van der Waals surface area (Å²) in [6.07, 6.45) is 2.01. The summed E-state index contributed by atoms with van der Waals surface area (Å²) in [5, 5.41) is 2.50. The number of nitrogens with zero attached hydrogens (tertiary/aromatic N) is 1. The number of rotatable bonds is 3. The molecule has 1 aromatic heterocycles. The minimum atomic E-state index is 0.347. The zero-order chi connectivity index (χ0) is 16.4. The topological polar surface area (TPSA) is 12.9 Å². The van der Waals surface area contributed by atoms with Crippen molar-refractivity contribution in [3.05, 3.63) is 102 Å². The van der Waals surface area contributed by atoms with Crippen molar-refractivity contribution in [3.63, 3.8) is 0 Å². The van der Waals surface area contributed by atoms with Gasteiger partial charge in [0.2, 0.25) is 0 Å². The number of pyridine rings is 1. The molecule has 0 fully saturated rings. The monoisotopic (exact) mass is 309 g/mol. The fourth-order valence-corrected chi connectivity index (χ4v) is 3.20. The Morgan fingerprint density at radius 3 is 2.21 bits per heavy atom. The lowest BCUT2D eigenvalue weighted by Gasteiger charge is -2.13. The fourth-order valence-electron chi connectivity index (χ4n) is 3.20. The average Bonchev–Trinajstić information content (AvgIpc) is 2.68. The summed E-state index contributed by atoms with van der Waals surface area (Å²) in [6.45, 7) is 2.23. The molecule has 0 amide bonds. The highest BCUT2D eigenvalue weighted by molar-refractivity contribution is 5.95. The second-order valence-electron chi connectivity index (χ2n) is 6.14. The van der Waals surface area contributed by atoms with Gasteiger partial charge in [-0.25, -0.2) is 0 Å². The molecule has 1 heteroatoms. The van der Waals surface area contributed by atoms with Gasteiger partial charge in [0.25, 0.3) is 0 Å². The van der Waals surface area contributed by atoms with Crippen LogP contribution in [0, 0.1) is 0 Å². The van der Waals surface area contributed by atoms with Crippen molar-refractivity contribution in [1.82, 2.24) is 4.98 Å². The highest BCUT2D eigenvalue weighted by Gasteiger charge is 2.10. The van der Waals surface area contributed by atoms with Gasteiger partial charge in [-0.2, -0.15) is 0 Å². The Morgan fingerprint density at radius 2 is 1.42 bits per heavy atom. The van der Waals surface area contributed by atoms with Crippen molar-refractivity contribution in [1.29, 1.82) is 0 Å². The molecule has 0 saturated heterocycles. The summed E-state index contributed by atoms with van der Waals surface area (Å²) in [5.41, 5.74) is 4.77. The van der Waals surface area contributed by atoms with Crippen molar-refractivity contribution >= 4 is 10.8 Å². The molecule has 1 nitrogen and oxygen atoms in total. The zero-order valence-electron chi connectivity index (χ0n) is 13.7. The van der Waals surface area contributed by atoms with E-state index in [-0.39, 0.29) is 0 Å². The molecule has 0 radical (unpaired) electrons. The van der Waals surface area contributed by atoms with E-state index in [1.807, 2.05) is 6.20 Å². The first kappa shape index (κ1) is 14.6. The lowest BCUT2D eigenvalue weighted by atomic mass is 9.94. The first-order valence-electron chi connectivity index (χ1n) is 8.32. The van der Waals surface area contributed by atoms with Crippen LogP contribution in [0.15, 0.2) is 91.1 Å². The molecule has 4 rings (SSSR count). The van der Waals surface area contributed by atoms with Crippen LogP contribution < -0.4 is 0 Å². The average molecular weight is 309 g/mol. The van der Waals surface area contributed by atoms with Crippen LogP contribution in [0.3, 0.4) is 0 Å². The van der Waals surface area contributed by atoms with Crippen molar-refractivity contribution in [3.8, 4) is 11.3 Å². The molecule has 0 aliphatic heterocycles. The number of hydrogen-bond acceptors (Lipinski definition) is 1. The van der Waals surface area contributed by atoms with Gasteiger partial charge in [-0.1, -0.05) is 85.8 Å². The third kappa shape index (κ3) is 2.69. The van der Waals surface area contributed by atoms with E-state index in [9.17, 15) is 0 Å². The Kier molecular flexibility index (Phi) is 3.84. The molecule has 4 aromatic rings. The van der Waals surface area contributed by atoms with Crippen molar-refractivity contribution in [2.45, 2.75) is 12.8 Å². The Hall–Kier alpha value is -2.93. The fraction of sp³-hybridized carbons (Fsp3) is 0.0870. The van der Waals surface area contributed by atoms with Crippen LogP contribution in [-0.4, -0.2) is 4.98 Å². The first-order valence-corrected chi connectivity index (χ1v) is 8.32. The number of aromatic nitrogens is 1. The lowest BCUT2D eigenvalue weighted by molar-refractivity contribution is 0.912. The van der Waals surface area contributed by atoms with Crippen LogP contribution in [-0.2, 0) is 0 Å². The molecule has 0 aliphatic rings. The Morgan fingerprint density at radius 1 is 0.667 bits per heavy atom. The zero-order valence-corrected chi connectivity index (χ0v) is 13.7. The number of fused-ring (bicyclic) bond motifs is 1. The van der Waals surface area contributed by atoms with Crippen LogP contribution in [0.1, 0.15) is 24.0 Å². The highest BCUT2D eigenvalue weighted by atomic mass is 14.7. The SMILES string of the molecule is CC(c1ccccc1)c1ccc(-c2cccc3ccccc23)nc1. The number of benzene rings is 3. The molecule has 0 N–H and O–H groups in total. The van der Waals surface area contributed by atoms with Gasteiger partial charge in [-0.05, 0) is 28.0 Å². The quantitative estimate of drug-likeness (QED) is 0.448. The molecule has 0 bridgehead atoms. The maximum Gasteiger partial charge on any atom is 0.0708 e. The maximum atomic E-state index is 4.75. The van der Waals surface area contributed by atoms with E-state index in [0.29, 0.717) is 5.92 Å². The van der Waals surface area contributed by atoms with E-state index in [0.717, 1.165) is 5.69 Å². The normalized spacial score (nSPS) is 12.2. The molecular weight excluding hydrogens is 290 g/mol. The van der Waals surface area contributed by atoms with Gasteiger partial charge < -0.3 is 0 Å². The Bertz CT molecular complexity index is 951. The Labute approximate surface area is 142 Å². The molecule has 1 heterocycles. The van der Waals surface area contributed by atoms with Crippen LogP contribution in [0.4, 0.5) is 0 Å². The van der Waals surface area contributed by atoms with Crippen molar-refractivity contribution in [2.24, 2.45) is 0 Å². The third-order valence-electron chi connectivity index (χ3n) is 4.65. The van der Waals surface area contributed by atoms with E-state index < -0.39 is 0 Å². The van der Waals surface area contributed by atoms with Crippen LogP contribution in [0.2, 0.25) is 0 Å². The van der Waals surface area contributed by atoms with E-state index in [4.69, 9.17) is 4.98 Å². The highest BCUT2D eigenvalue weighted by Crippen LogP contribution is 2.29. The third-order valence-corrected chi connectivity index (χ3v) is 4.65. The van der Waals surface area contributed by atoms with Crippen LogP contribution in [0.5, 0.6) is 0 Å². The summed E-state index contributed by atoms with van der Waals surface area (Å²) in [6, 6.07) is 29.7. The standard InChI is InChI=1S/C23H19N/c1-17(18-8-3-2-4-9-18)20-14-15-23(24-16-20)22-13-7-11-19-10-5-6-12-21(19)22/h2-17H,1H3. The summed E-state index contributed by atoms with van der Waals surface area (Å²) in [4.78, 5) is 4.75. The maximum absolute atomic E-state index is 4.75. The predicted molar refractivity (Wildman–Crippen MR) is 101 cm³/mol. The molecule has 1 unspecified atom stereocenters. The molecule has 0 saturated carbocycles.